The van der Waals surface area contributed by atoms with Crippen LogP contribution in [0, 0.1) is 0 Å². The molecule has 108 valence electrons. The van der Waals surface area contributed by atoms with Gasteiger partial charge in [0.1, 0.15) is 5.75 Å². The van der Waals surface area contributed by atoms with E-state index < -0.39 is 0 Å². The summed E-state index contributed by atoms with van der Waals surface area (Å²) in [7, 11) is 1.72. The van der Waals surface area contributed by atoms with E-state index in [9.17, 15) is 0 Å². The molecule has 0 aliphatic carbocycles. The van der Waals surface area contributed by atoms with Crippen LogP contribution in [0.2, 0.25) is 0 Å². The standard InChI is InChI=1S/C15H24BrNO2/c1-3-13(17)10-12-11-14(6-7-15(12)16)19-9-5-4-8-18-2/h6-7,11,13H,3-5,8-10,17H2,1-2H3. The molecule has 0 spiro atoms. The van der Waals surface area contributed by atoms with E-state index in [1.165, 1.54) is 5.56 Å². The van der Waals surface area contributed by atoms with Crippen molar-refractivity contribution in [1.29, 1.82) is 0 Å². The van der Waals surface area contributed by atoms with E-state index in [1.807, 2.05) is 12.1 Å². The molecule has 0 bridgehead atoms. The van der Waals surface area contributed by atoms with Crippen LogP contribution < -0.4 is 10.5 Å². The van der Waals surface area contributed by atoms with E-state index in [0.29, 0.717) is 0 Å². The molecule has 1 aromatic carbocycles. The van der Waals surface area contributed by atoms with E-state index >= 15 is 0 Å². The van der Waals surface area contributed by atoms with Crippen molar-refractivity contribution in [3.05, 3.63) is 28.2 Å². The van der Waals surface area contributed by atoms with Crippen LogP contribution in [-0.4, -0.2) is 26.4 Å². The van der Waals surface area contributed by atoms with Gasteiger partial charge in [-0.2, -0.15) is 0 Å². The second kappa shape index (κ2) is 9.34. The second-order valence-corrected chi connectivity index (χ2v) is 5.53. The molecular weight excluding hydrogens is 306 g/mol. The Bertz CT molecular complexity index is 371. The van der Waals surface area contributed by atoms with Crippen molar-refractivity contribution in [2.45, 2.75) is 38.6 Å². The third kappa shape index (κ3) is 6.41. The highest BCUT2D eigenvalue weighted by molar-refractivity contribution is 9.10. The number of hydrogen-bond donors (Lipinski definition) is 1. The largest absolute Gasteiger partial charge is 0.494 e. The fraction of sp³-hybridized carbons (Fsp3) is 0.600. The molecule has 2 N–H and O–H groups in total. The van der Waals surface area contributed by atoms with Crippen LogP contribution in [-0.2, 0) is 11.2 Å². The molecule has 0 saturated heterocycles. The lowest BCUT2D eigenvalue weighted by atomic mass is 10.0. The SMILES string of the molecule is CCC(N)Cc1cc(OCCCCOC)ccc1Br. The summed E-state index contributed by atoms with van der Waals surface area (Å²) in [4.78, 5) is 0. The average molecular weight is 330 g/mol. The zero-order chi connectivity index (χ0) is 14.1. The third-order valence-corrected chi connectivity index (χ3v) is 3.81. The van der Waals surface area contributed by atoms with Crippen LogP contribution in [0.1, 0.15) is 31.7 Å². The van der Waals surface area contributed by atoms with E-state index in [-0.39, 0.29) is 6.04 Å². The monoisotopic (exact) mass is 329 g/mol. The molecule has 0 radical (unpaired) electrons. The van der Waals surface area contributed by atoms with Gasteiger partial charge in [0, 0.05) is 24.2 Å². The zero-order valence-corrected chi connectivity index (χ0v) is 13.4. The van der Waals surface area contributed by atoms with E-state index in [1.54, 1.807) is 7.11 Å². The summed E-state index contributed by atoms with van der Waals surface area (Å²) < 4.78 is 11.9. The third-order valence-electron chi connectivity index (χ3n) is 3.04. The van der Waals surface area contributed by atoms with Crippen molar-refractivity contribution in [3.63, 3.8) is 0 Å². The van der Waals surface area contributed by atoms with Crippen molar-refractivity contribution in [2.24, 2.45) is 5.73 Å². The van der Waals surface area contributed by atoms with Gasteiger partial charge in [0.05, 0.1) is 6.61 Å². The van der Waals surface area contributed by atoms with Crippen LogP contribution in [0.3, 0.4) is 0 Å². The number of rotatable bonds is 9. The summed E-state index contributed by atoms with van der Waals surface area (Å²) in [5.74, 6) is 0.916. The van der Waals surface area contributed by atoms with Gasteiger partial charge in [-0.05, 0) is 49.4 Å². The fourth-order valence-corrected chi connectivity index (χ4v) is 2.17. The topological polar surface area (TPSA) is 44.5 Å². The van der Waals surface area contributed by atoms with Crippen LogP contribution in [0.25, 0.3) is 0 Å². The van der Waals surface area contributed by atoms with Crippen molar-refractivity contribution in [1.82, 2.24) is 0 Å². The first-order valence-corrected chi connectivity index (χ1v) is 7.62. The zero-order valence-electron chi connectivity index (χ0n) is 11.8. The van der Waals surface area contributed by atoms with Gasteiger partial charge in [0.15, 0.2) is 0 Å². The van der Waals surface area contributed by atoms with Crippen molar-refractivity contribution in [2.75, 3.05) is 20.3 Å². The molecule has 0 aliphatic rings. The van der Waals surface area contributed by atoms with Gasteiger partial charge in [0.25, 0.3) is 0 Å². The van der Waals surface area contributed by atoms with Crippen LogP contribution in [0.4, 0.5) is 0 Å². The van der Waals surface area contributed by atoms with Gasteiger partial charge in [0.2, 0.25) is 0 Å². The quantitative estimate of drug-likeness (QED) is 0.705. The molecule has 0 aliphatic heterocycles. The number of unbranched alkanes of at least 4 members (excludes halogenated alkanes) is 1. The van der Waals surface area contributed by atoms with Crippen molar-refractivity contribution in [3.8, 4) is 5.75 Å². The van der Waals surface area contributed by atoms with Gasteiger partial charge in [-0.15, -0.1) is 0 Å². The summed E-state index contributed by atoms with van der Waals surface area (Å²) in [5.41, 5.74) is 7.22. The molecule has 19 heavy (non-hydrogen) atoms. The Morgan fingerprint density at radius 2 is 2.00 bits per heavy atom. The average Bonchev–Trinajstić information content (AvgIpc) is 2.41. The number of hydrogen-bond acceptors (Lipinski definition) is 3. The fourth-order valence-electron chi connectivity index (χ4n) is 1.76. The summed E-state index contributed by atoms with van der Waals surface area (Å²) >= 11 is 3.56. The highest BCUT2D eigenvalue weighted by Crippen LogP contribution is 2.24. The minimum atomic E-state index is 0.202. The van der Waals surface area contributed by atoms with Crippen LogP contribution in [0.15, 0.2) is 22.7 Å². The predicted octanol–water partition coefficient (Wildman–Crippen LogP) is 3.53. The Morgan fingerprint density at radius 3 is 2.68 bits per heavy atom. The summed E-state index contributed by atoms with van der Waals surface area (Å²) in [5, 5.41) is 0. The number of methoxy groups -OCH3 is 1. The molecule has 1 unspecified atom stereocenters. The normalized spacial score (nSPS) is 12.4. The van der Waals surface area contributed by atoms with Gasteiger partial charge < -0.3 is 15.2 Å². The Labute approximate surface area is 124 Å². The molecular formula is C15H24BrNO2. The molecule has 0 amide bonds. The van der Waals surface area contributed by atoms with Gasteiger partial charge >= 0.3 is 0 Å². The van der Waals surface area contributed by atoms with Crippen LogP contribution in [0.5, 0.6) is 5.75 Å². The van der Waals surface area contributed by atoms with Gasteiger partial charge in [-0.25, -0.2) is 0 Å². The maximum absolute atomic E-state index is 6.00. The van der Waals surface area contributed by atoms with Crippen LogP contribution >= 0.6 is 15.9 Å². The minimum absolute atomic E-state index is 0.202. The molecule has 0 fully saturated rings. The lowest BCUT2D eigenvalue weighted by Gasteiger charge is -2.13. The van der Waals surface area contributed by atoms with Crippen molar-refractivity contribution < 1.29 is 9.47 Å². The highest BCUT2D eigenvalue weighted by Gasteiger charge is 2.07. The lowest BCUT2D eigenvalue weighted by Crippen LogP contribution is -2.21. The maximum Gasteiger partial charge on any atom is 0.119 e. The minimum Gasteiger partial charge on any atom is -0.494 e. The molecule has 0 heterocycles. The molecule has 1 aromatic rings. The highest BCUT2D eigenvalue weighted by atomic mass is 79.9. The predicted molar refractivity (Wildman–Crippen MR) is 82.7 cm³/mol. The molecule has 1 rings (SSSR count). The Morgan fingerprint density at radius 1 is 1.26 bits per heavy atom. The number of benzene rings is 1. The molecule has 3 nitrogen and oxygen atoms in total. The first-order valence-electron chi connectivity index (χ1n) is 6.83. The first kappa shape index (κ1) is 16.5. The summed E-state index contributed by atoms with van der Waals surface area (Å²) in [6.45, 7) is 3.62. The first-order chi connectivity index (χ1) is 9.17. The molecule has 0 saturated carbocycles. The van der Waals surface area contributed by atoms with E-state index in [4.69, 9.17) is 15.2 Å². The molecule has 4 heteroatoms. The van der Waals surface area contributed by atoms with Crippen molar-refractivity contribution >= 4 is 15.9 Å². The number of halogens is 1. The molecule has 1 atom stereocenters. The van der Waals surface area contributed by atoms with E-state index in [2.05, 4.69) is 28.9 Å². The maximum atomic E-state index is 6.00. The smallest absolute Gasteiger partial charge is 0.119 e. The summed E-state index contributed by atoms with van der Waals surface area (Å²) in [6.07, 6.45) is 3.89. The second-order valence-electron chi connectivity index (χ2n) is 4.67. The number of nitrogens with two attached hydrogens (primary N) is 1. The Kier molecular flexibility index (Phi) is 8.10. The van der Waals surface area contributed by atoms with Gasteiger partial charge in [-0.3, -0.25) is 0 Å². The van der Waals surface area contributed by atoms with Gasteiger partial charge in [-0.1, -0.05) is 22.9 Å². The Balaban J connectivity index is 2.48. The molecule has 0 aromatic heterocycles. The lowest BCUT2D eigenvalue weighted by molar-refractivity contribution is 0.184. The Hall–Kier alpha value is -0.580. The summed E-state index contributed by atoms with van der Waals surface area (Å²) in [6, 6.07) is 6.30. The van der Waals surface area contributed by atoms with E-state index in [0.717, 1.165) is 49.1 Å². The number of ether oxygens (including phenoxy) is 2.